The van der Waals surface area contributed by atoms with E-state index in [0.29, 0.717) is 12.3 Å². The summed E-state index contributed by atoms with van der Waals surface area (Å²) in [4.78, 5) is 10.7. The zero-order valence-electron chi connectivity index (χ0n) is 7.68. The fraction of sp³-hybridized carbons (Fsp3) is 0.900. The van der Waals surface area contributed by atoms with Gasteiger partial charge in [-0.25, -0.2) is 0 Å². The van der Waals surface area contributed by atoms with Crippen LogP contribution in [0.3, 0.4) is 0 Å². The number of hydrogen-bond acceptors (Lipinski definition) is 1. The quantitative estimate of drug-likeness (QED) is 0.480. The molecule has 0 aromatic carbocycles. The predicted octanol–water partition coefficient (Wildman–Crippen LogP) is 3.36. The largest absolute Gasteiger partial charge is 0.281 e. The lowest BCUT2D eigenvalue weighted by atomic mass is 9.96. The van der Waals surface area contributed by atoms with Crippen molar-refractivity contribution in [2.45, 2.75) is 45.4 Å². The Morgan fingerprint density at radius 3 is 2.75 bits per heavy atom. The zero-order chi connectivity index (χ0) is 8.97. The summed E-state index contributed by atoms with van der Waals surface area (Å²) in [6, 6.07) is 0. The monoisotopic (exact) mass is 188 g/mol. The van der Waals surface area contributed by atoms with E-state index in [-0.39, 0.29) is 5.24 Å². The van der Waals surface area contributed by atoms with Gasteiger partial charge in [-0.2, -0.15) is 0 Å². The first-order chi connectivity index (χ1) is 5.68. The van der Waals surface area contributed by atoms with Crippen molar-refractivity contribution in [2.75, 3.05) is 0 Å². The molecule has 0 heterocycles. The average molecular weight is 189 g/mol. The van der Waals surface area contributed by atoms with Gasteiger partial charge in [-0.15, -0.1) is 0 Å². The summed E-state index contributed by atoms with van der Waals surface area (Å²) >= 11 is 5.36. The van der Waals surface area contributed by atoms with Crippen LogP contribution in [0.25, 0.3) is 0 Å². The van der Waals surface area contributed by atoms with Crippen molar-refractivity contribution >= 4 is 16.8 Å². The van der Waals surface area contributed by atoms with E-state index in [1.54, 1.807) is 0 Å². The van der Waals surface area contributed by atoms with Gasteiger partial charge in [0.1, 0.15) is 0 Å². The molecule has 0 amide bonds. The Kier molecular flexibility index (Phi) is 4.07. The number of carbonyl (C=O) groups excluding carboxylic acids is 1. The maximum atomic E-state index is 10.7. The topological polar surface area (TPSA) is 17.1 Å². The summed E-state index contributed by atoms with van der Waals surface area (Å²) in [5, 5.41) is -0.158. The second-order valence-corrected chi connectivity index (χ2v) is 4.46. The second kappa shape index (κ2) is 4.86. The average Bonchev–Trinajstić information content (AvgIpc) is 2.15. The molecule has 0 aliphatic heterocycles. The van der Waals surface area contributed by atoms with Crippen LogP contribution in [0.1, 0.15) is 45.4 Å². The van der Waals surface area contributed by atoms with E-state index < -0.39 is 0 Å². The van der Waals surface area contributed by atoms with Crippen molar-refractivity contribution in [1.82, 2.24) is 0 Å². The van der Waals surface area contributed by atoms with Gasteiger partial charge in [-0.1, -0.05) is 26.2 Å². The molecule has 1 fully saturated rings. The Bertz CT molecular complexity index is 156. The van der Waals surface area contributed by atoms with Crippen molar-refractivity contribution in [2.24, 2.45) is 11.8 Å². The Labute approximate surface area is 79.5 Å². The van der Waals surface area contributed by atoms with Crippen molar-refractivity contribution in [3.63, 3.8) is 0 Å². The molecule has 1 saturated carbocycles. The molecule has 0 N–H and O–H groups in total. The lowest BCUT2D eigenvalue weighted by molar-refractivity contribution is -0.112. The van der Waals surface area contributed by atoms with Gasteiger partial charge in [0, 0.05) is 6.42 Å². The predicted molar refractivity (Wildman–Crippen MR) is 51.2 cm³/mol. The highest BCUT2D eigenvalue weighted by atomic mass is 35.5. The number of carbonyl (C=O) groups is 1. The summed E-state index contributed by atoms with van der Waals surface area (Å²) in [5.74, 6) is 1.42. The number of halogens is 1. The molecular weight excluding hydrogens is 172 g/mol. The third-order valence-electron chi connectivity index (χ3n) is 2.83. The number of rotatable bonds is 2. The minimum absolute atomic E-state index is 0.158. The summed E-state index contributed by atoms with van der Waals surface area (Å²) < 4.78 is 0. The fourth-order valence-electron chi connectivity index (χ4n) is 1.99. The minimum atomic E-state index is -0.158. The lowest BCUT2D eigenvalue weighted by Crippen LogP contribution is -2.03. The molecule has 2 heteroatoms. The Morgan fingerprint density at radius 1 is 1.33 bits per heavy atom. The van der Waals surface area contributed by atoms with Crippen molar-refractivity contribution < 1.29 is 4.79 Å². The van der Waals surface area contributed by atoms with Gasteiger partial charge in [0.2, 0.25) is 5.24 Å². The van der Waals surface area contributed by atoms with E-state index in [1.165, 1.54) is 32.1 Å². The summed E-state index contributed by atoms with van der Waals surface area (Å²) in [6.07, 6.45) is 6.86. The molecule has 1 nitrogen and oxygen atoms in total. The standard InChI is InChI=1S/C10H17ClO/c1-8-3-2-4-9(6-5-8)7-10(11)12/h8-9H,2-7H2,1H3. The molecule has 2 unspecified atom stereocenters. The van der Waals surface area contributed by atoms with Gasteiger partial charge in [-0.3, -0.25) is 4.79 Å². The van der Waals surface area contributed by atoms with Gasteiger partial charge in [-0.05, 0) is 36.3 Å². The van der Waals surface area contributed by atoms with E-state index in [0.717, 1.165) is 5.92 Å². The number of hydrogen-bond donors (Lipinski definition) is 0. The van der Waals surface area contributed by atoms with Crippen molar-refractivity contribution in [1.29, 1.82) is 0 Å². The SMILES string of the molecule is CC1CCCC(CC(=O)Cl)CC1. The molecule has 2 atom stereocenters. The molecular formula is C10H17ClO. The van der Waals surface area contributed by atoms with Crippen LogP contribution in [0.15, 0.2) is 0 Å². The van der Waals surface area contributed by atoms with E-state index in [1.807, 2.05) is 0 Å². The van der Waals surface area contributed by atoms with Crippen LogP contribution >= 0.6 is 11.6 Å². The third kappa shape index (κ3) is 3.57. The molecule has 1 aliphatic rings. The smallest absolute Gasteiger partial charge is 0.221 e. The third-order valence-corrected chi connectivity index (χ3v) is 2.98. The van der Waals surface area contributed by atoms with Gasteiger partial charge in [0.15, 0.2) is 0 Å². The highest BCUT2D eigenvalue weighted by Gasteiger charge is 2.17. The minimum Gasteiger partial charge on any atom is -0.281 e. The van der Waals surface area contributed by atoms with Crippen LogP contribution in [0.2, 0.25) is 0 Å². The van der Waals surface area contributed by atoms with Crippen molar-refractivity contribution in [3.8, 4) is 0 Å². The summed E-state index contributed by atoms with van der Waals surface area (Å²) in [5.41, 5.74) is 0. The van der Waals surface area contributed by atoms with Gasteiger partial charge < -0.3 is 0 Å². The molecule has 0 aromatic heterocycles. The van der Waals surface area contributed by atoms with E-state index >= 15 is 0 Å². The second-order valence-electron chi connectivity index (χ2n) is 4.04. The van der Waals surface area contributed by atoms with Crippen LogP contribution in [0, 0.1) is 11.8 Å². The normalized spacial score (nSPS) is 31.2. The van der Waals surface area contributed by atoms with Gasteiger partial charge in [0.25, 0.3) is 0 Å². The Morgan fingerprint density at radius 2 is 2.08 bits per heavy atom. The molecule has 0 aromatic rings. The van der Waals surface area contributed by atoms with E-state index in [9.17, 15) is 4.79 Å². The first-order valence-electron chi connectivity index (χ1n) is 4.87. The zero-order valence-corrected chi connectivity index (χ0v) is 8.44. The van der Waals surface area contributed by atoms with E-state index in [2.05, 4.69) is 6.92 Å². The maximum absolute atomic E-state index is 10.7. The summed E-state index contributed by atoms with van der Waals surface area (Å²) in [6.45, 7) is 2.30. The highest BCUT2D eigenvalue weighted by molar-refractivity contribution is 6.63. The molecule has 12 heavy (non-hydrogen) atoms. The molecule has 1 rings (SSSR count). The molecule has 0 spiro atoms. The first kappa shape index (κ1) is 10.0. The van der Waals surface area contributed by atoms with Crippen LogP contribution in [-0.4, -0.2) is 5.24 Å². The molecule has 0 bridgehead atoms. The van der Waals surface area contributed by atoms with Gasteiger partial charge in [0.05, 0.1) is 0 Å². The summed E-state index contributed by atoms with van der Waals surface area (Å²) in [7, 11) is 0. The Balaban J connectivity index is 2.30. The molecule has 70 valence electrons. The first-order valence-corrected chi connectivity index (χ1v) is 5.24. The molecule has 0 saturated heterocycles. The molecule has 0 radical (unpaired) electrons. The highest BCUT2D eigenvalue weighted by Crippen LogP contribution is 2.29. The van der Waals surface area contributed by atoms with Crippen molar-refractivity contribution in [3.05, 3.63) is 0 Å². The lowest BCUT2D eigenvalue weighted by Gasteiger charge is -2.10. The van der Waals surface area contributed by atoms with Crippen LogP contribution in [0.4, 0.5) is 0 Å². The van der Waals surface area contributed by atoms with Crippen LogP contribution < -0.4 is 0 Å². The molecule has 1 aliphatic carbocycles. The van der Waals surface area contributed by atoms with Crippen LogP contribution in [0.5, 0.6) is 0 Å². The Hall–Kier alpha value is -0.0400. The van der Waals surface area contributed by atoms with E-state index in [4.69, 9.17) is 11.6 Å². The maximum Gasteiger partial charge on any atom is 0.221 e. The van der Waals surface area contributed by atoms with Crippen LogP contribution in [-0.2, 0) is 4.79 Å². The van der Waals surface area contributed by atoms with Gasteiger partial charge >= 0.3 is 0 Å². The fourth-order valence-corrected chi connectivity index (χ4v) is 2.21.